The minimum atomic E-state index is 0.779. The maximum absolute atomic E-state index is 5.30. The van der Waals surface area contributed by atoms with Gasteiger partial charge in [0, 0.05) is 19.7 Å². The fourth-order valence-electron chi connectivity index (χ4n) is 1.96. The van der Waals surface area contributed by atoms with Crippen LogP contribution in [0.1, 0.15) is 12.5 Å². The largest absolute Gasteiger partial charge is 0.380 e. The van der Waals surface area contributed by atoms with E-state index in [1.807, 2.05) is 6.92 Å². The second-order valence-corrected chi connectivity index (χ2v) is 4.01. The van der Waals surface area contributed by atoms with Crippen LogP contribution < -0.4 is 5.32 Å². The van der Waals surface area contributed by atoms with Crippen LogP contribution in [0.15, 0.2) is 42.5 Å². The normalized spacial score (nSPS) is 10.9. The van der Waals surface area contributed by atoms with E-state index in [1.165, 1.54) is 16.3 Å². The van der Waals surface area contributed by atoms with Crippen LogP contribution in [0.3, 0.4) is 0 Å². The zero-order valence-electron chi connectivity index (χ0n) is 10.3. The first kappa shape index (κ1) is 12.1. The van der Waals surface area contributed by atoms with Crippen LogP contribution >= 0.6 is 0 Å². The first-order valence-electron chi connectivity index (χ1n) is 6.17. The van der Waals surface area contributed by atoms with Crippen molar-refractivity contribution in [2.75, 3.05) is 19.8 Å². The first-order valence-corrected chi connectivity index (χ1v) is 6.17. The lowest BCUT2D eigenvalue weighted by molar-refractivity contribution is 0.149. The molecule has 2 rings (SSSR count). The van der Waals surface area contributed by atoms with E-state index in [-0.39, 0.29) is 0 Å². The fourth-order valence-corrected chi connectivity index (χ4v) is 1.96. The highest BCUT2D eigenvalue weighted by molar-refractivity contribution is 5.85. The molecule has 0 radical (unpaired) electrons. The predicted molar refractivity (Wildman–Crippen MR) is 72.1 cm³/mol. The highest BCUT2D eigenvalue weighted by atomic mass is 16.5. The highest BCUT2D eigenvalue weighted by Gasteiger charge is 1.99. The maximum Gasteiger partial charge on any atom is 0.0590 e. The van der Waals surface area contributed by atoms with Crippen molar-refractivity contribution in [3.05, 3.63) is 48.0 Å². The molecule has 0 atom stereocenters. The van der Waals surface area contributed by atoms with Crippen molar-refractivity contribution >= 4 is 10.8 Å². The molecule has 0 unspecified atom stereocenters. The lowest BCUT2D eigenvalue weighted by atomic mass is 10.0. The molecule has 2 nitrogen and oxygen atoms in total. The van der Waals surface area contributed by atoms with Gasteiger partial charge in [-0.25, -0.2) is 0 Å². The third kappa shape index (κ3) is 3.29. The second-order valence-electron chi connectivity index (χ2n) is 4.01. The van der Waals surface area contributed by atoms with Gasteiger partial charge >= 0.3 is 0 Å². The van der Waals surface area contributed by atoms with E-state index in [1.54, 1.807) is 0 Å². The standard InChI is InChI=1S/C15H19NO/c1-2-17-11-10-16-12-14-8-5-7-13-6-3-4-9-15(13)14/h3-9,16H,2,10-12H2,1H3. The molecule has 17 heavy (non-hydrogen) atoms. The molecule has 0 bridgehead atoms. The van der Waals surface area contributed by atoms with Gasteiger partial charge in [-0.1, -0.05) is 42.5 Å². The molecule has 0 saturated heterocycles. The van der Waals surface area contributed by atoms with Gasteiger partial charge in [-0.15, -0.1) is 0 Å². The number of rotatable bonds is 6. The Morgan fingerprint density at radius 3 is 2.76 bits per heavy atom. The van der Waals surface area contributed by atoms with Crippen molar-refractivity contribution < 1.29 is 4.74 Å². The molecule has 0 heterocycles. The number of benzene rings is 2. The zero-order chi connectivity index (χ0) is 11.9. The van der Waals surface area contributed by atoms with Gasteiger partial charge in [0.15, 0.2) is 0 Å². The highest BCUT2D eigenvalue weighted by Crippen LogP contribution is 2.17. The van der Waals surface area contributed by atoms with Crippen molar-refractivity contribution in [3.8, 4) is 0 Å². The summed E-state index contributed by atoms with van der Waals surface area (Å²) in [6.45, 7) is 5.38. The van der Waals surface area contributed by atoms with Gasteiger partial charge in [0.25, 0.3) is 0 Å². The average molecular weight is 229 g/mol. The van der Waals surface area contributed by atoms with Gasteiger partial charge in [0.1, 0.15) is 0 Å². The van der Waals surface area contributed by atoms with E-state index in [0.29, 0.717) is 0 Å². The zero-order valence-corrected chi connectivity index (χ0v) is 10.3. The SMILES string of the molecule is CCOCCNCc1cccc2ccccc12. The van der Waals surface area contributed by atoms with Crippen molar-refractivity contribution in [2.45, 2.75) is 13.5 Å². The lowest BCUT2D eigenvalue weighted by Crippen LogP contribution is -2.19. The van der Waals surface area contributed by atoms with Crippen molar-refractivity contribution in [1.82, 2.24) is 5.32 Å². The van der Waals surface area contributed by atoms with Crippen molar-refractivity contribution in [2.24, 2.45) is 0 Å². The fraction of sp³-hybridized carbons (Fsp3) is 0.333. The number of fused-ring (bicyclic) bond motifs is 1. The average Bonchev–Trinajstić information content (AvgIpc) is 2.39. The van der Waals surface area contributed by atoms with E-state index in [2.05, 4.69) is 47.8 Å². The number of nitrogens with one attached hydrogen (secondary N) is 1. The third-order valence-electron chi connectivity index (χ3n) is 2.82. The molecule has 2 aromatic rings. The molecule has 1 N–H and O–H groups in total. The smallest absolute Gasteiger partial charge is 0.0590 e. The minimum absolute atomic E-state index is 0.779. The molecule has 0 aliphatic rings. The Morgan fingerprint density at radius 2 is 1.88 bits per heavy atom. The number of hydrogen-bond acceptors (Lipinski definition) is 2. The van der Waals surface area contributed by atoms with E-state index in [0.717, 1.165) is 26.3 Å². The molecular weight excluding hydrogens is 210 g/mol. The van der Waals surface area contributed by atoms with Gasteiger partial charge in [-0.2, -0.15) is 0 Å². The molecular formula is C15H19NO. The maximum atomic E-state index is 5.30. The monoisotopic (exact) mass is 229 g/mol. The van der Waals surface area contributed by atoms with E-state index in [9.17, 15) is 0 Å². The number of hydrogen-bond donors (Lipinski definition) is 1. The Morgan fingerprint density at radius 1 is 1.06 bits per heavy atom. The van der Waals surface area contributed by atoms with Crippen LogP contribution in [-0.2, 0) is 11.3 Å². The molecule has 0 amide bonds. The van der Waals surface area contributed by atoms with Gasteiger partial charge in [-0.05, 0) is 23.3 Å². The summed E-state index contributed by atoms with van der Waals surface area (Å²) < 4.78 is 5.30. The molecule has 0 aromatic heterocycles. The van der Waals surface area contributed by atoms with Gasteiger partial charge < -0.3 is 10.1 Å². The summed E-state index contributed by atoms with van der Waals surface area (Å²) in [6.07, 6.45) is 0. The Kier molecular flexibility index (Phi) is 4.54. The molecule has 2 heteroatoms. The number of ether oxygens (including phenoxy) is 1. The van der Waals surface area contributed by atoms with Crippen molar-refractivity contribution in [1.29, 1.82) is 0 Å². The quantitative estimate of drug-likeness (QED) is 0.769. The Hall–Kier alpha value is -1.38. The van der Waals surface area contributed by atoms with Crippen LogP contribution in [0.25, 0.3) is 10.8 Å². The van der Waals surface area contributed by atoms with E-state index >= 15 is 0 Å². The molecule has 0 aliphatic carbocycles. The predicted octanol–water partition coefficient (Wildman–Crippen LogP) is 2.97. The summed E-state index contributed by atoms with van der Waals surface area (Å²) in [4.78, 5) is 0. The van der Waals surface area contributed by atoms with E-state index in [4.69, 9.17) is 4.74 Å². The topological polar surface area (TPSA) is 21.3 Å². The van der Waals surface area contributed by atoms with Gasteiger partial charge in [0.05, 0.1) is 6.61 Å². The summed E-state index contributed by atoms with van der Waals surface area (Å²) >= 11 is 0. The Labute approximate surface area is 103 Å². The van der Waals surface area contributed by atoms with Crippen LogP contribution in [0, 0.1) is 0 Å². The van der Waals surface area contributed by atoms with Gasteiger partial charge in [0.2, 0.25) is 0 Å². The molecule has 0 aliphatic heterocycles. The van der Waals surface area contributed by atoms with Crippen LogP contribution in [0.4, 0.5) is 0 Å². The first-order chi connectivity index (χ1) is 8.42. The molecule has 0 spiro atoms. The molecule has 0 fully saturated rings. The summed E-state index contributed by atoms with van der Waals surface area (Å²) in [5.41, 5.74) is 1.35. The van der Waals surface area contributed by atoms with Crippen LogP contribution in [0.2, 0.25) is 0 Å². The summed E-state index contributed by atoms with van der Waals surface area (Å²) in [6, 6.07) is 14.9. The Bertz CT molecular complexity index is 462. The third-order valence-corrected chi connectivity index (χ3v) is 2.82. The van der Waals surface area contributed by atoms with Crippen molar-refractivity contribution in [3.63, 3.8) is 0 Å². The molecule has 90 valence electrons. The summed E-state index contributed by atoms with van der Waals surface area (Å²) in [5, 5.41) is 6.04. The second kappa shape index (κ2) is 6.38. The summed E-state index contributed by atoms with van der Waals surface area (Å²) in [7, 11) is 0. The summed E-state index contributed by atoms with van der Waals surface area (Å²) in [5.74, 6) is 0. The van der Waals surface area contributed by atoms with E-state index < -0.39 is 0 Å². The molecule has 2 aromatic carbocycles. The Balaban J connectivity index is 1.98. The minimum Gasteiger partial charge on any atom is -0.380 e. The van der Waals surface area contributed by atoms with Crippen LogP contribution in [-0.4, -0.2) is 19.8 Å². The lowest BCUT2D eigenvalue weighted by Gasteiger charge is -2.08. The van der Waals surface area contributed by atoms with Gasteiger partial charge in [-0.3, -0.25) is 0 Å². The van der Waals surface area contributed by atoms with Crippen LogP contribution in [0.5, 0.6) is 0 Å². The molecule has 0 saturated carbocycles.